The summed E-state index contributed by atoms with van der Waals surface area (Å²) in [5.74, 6) is 12.0. The molecule has 0 aliphatic rings. The number of nitrogens with zero attached hydrogens (tertiary/aromatic N) is 2. The molecule has 0 fully saturated rings. The zero-order valence-electron chi connectivity index (χ0n) is 8.62. The van der Waals surface area contributed by atoms with Crippen LogP contribution in [0.2, 0.25) is 6.04 Å². The molecule has 0 aromatic heterocycles. The predicted molar refractivity (Wildman–Crippen MR) is 54.7 cm³/mol. The average molecular weight is 190 g/mol. The van der Waals surface area contributed by atoms with Gasteiger partial charge in [0.1, 0.15) is 0 Å². The third-order valence-electron chi connectivity index (χ3n) is 1.91. The average Bonchev–Trinajstić information content (AvgIpc) is 1.77. The van der Waals surface area contributed by atoms with Crippen molar-refractivity contribution in [1.82, 2.24) is 0 Å². The lowest BCUT2D eigenvalue weighted by Crippen LogP contribution is -2.73. The summed E-state index contributed by atoms with van der Waals surface area (Å²) in [7, 11) is 6.68. The number of hydrogen-bond acceptors (Lipinski definition) is 2. The molecule has 4 nitrogen and oxygen atoms in total. The molecule has 0 amide bonds. The predicted octanol–water partition coefficient (Wildman–Crippen LogP) is -0.707. The van der Waals surface area contributed by atoms with E-state index in [0.29, 0.717) is 8.52 Å². The Bertz CT molecular complexity index is 142. The Labute approximate surface area is 76.9 Å². The summed E-state index contributed by atoms with van der Waals surface area (Å²) in [5, 5.41) is 0. The number of nitrogens with two attached hydrogens (primary N) is 2. The second-order valence-corrected chi connectivity index (χ2v) is 8.36. The smallest absolute Gasteiger partial charge is 0.265 e. The standard InChI is InChI=1S/C7H22N4Si/c1-6-7-12(10(2,3)8)11(4,5)9/h6,12H,1,7-9H2,2-5H3/q+2. The highest BCUT2D eigenvalue weighted by Crippen LogP contribution is 2.08. The summed E-state index contributed by atoms with van der Waals surface area (Å²) in [4.78, 5) is 0. The first kappa shape index (κ1) is 11.8. The fourth-order valence-electron chi connectivity index (χ4n) is 1.46. The van der Waals surface area contributed by atoms with Gasteiger partial charge in [-0.15, -0.1) is 6.58 Å². The van der Waals surface area contributed by atoms with Gasteiger partial charge in [0.25, 0.3) is 0 Å². The van der Waals surface area contributed by atoms with Gasteiger partial charge in [-0.05, 0) is 0 Å². The van der Waals surface area contributed by atoms with Crippen molar-refractivity contribution >= 4 is 9.12 Å². The molecular formula is C7H22N4Si+2. The third-order valence-corrected chi connectivity index (χ3v) is 5.74. The molecule has 0 atom stereocenters. The van der Waals surface area contributed by atoms with Gasteiger partial charge >= 0.3 is 9.12 Å². The summed E-state index contributed by atoms with van der Waals surface area (Å²) < 4.78 is 0.991. The molecule has 72 valence electrons. The van der Waals surface area contributed by atoms with Crippen molar-refractivity contribution in [3.63, 3.8) is 0 Å². The third kappa shape index (κ3) is 3.46. The van der Waals surface area contributed by atoms with Crippen molar-refractivity contribution in [3.8, 4) is 0 Å². The summed E-state index contributed by atoms with van der Waals surface area (Å²) in [5.41, 5.74) is 0. The Morgan fingerprint density at radius 1 is 1.17 bits per heavy atom. The maximum atomic E-state index is 6.01. The normalized spacial score (nSPS) is 13.6. The number of quaternary nitrogens is 2. The van der Waals surface area contributed by atoms with Gasteiger partial charge in [0.15, 0.2) is 0 Å². The van der Waals surface area contributed by atoms with E-state index in [0.717, 1.165) is 6.04 Å². The van der Waals surface area contributed by atoms with Crippen LogP contribution in [0.3, 0.4) is 0 Å². The van der Waals surface area contributed by atoms with Crippen molar-refractivity contribution < 1.29 is 8.52 Å². The molecule has 4 N–H and O–H groups in total. The Morgan fingerprint density at radius 2 is 1.50 bits per heavy atom. The number of allylic oxidation sites excluding steroid dienone is 1. The minimum atomic E-state index is -1.30. The summed E-state index contributed by atoms with van der Waals surface area (Å²) >= 11 is 0. The van der Waals surface area contributed by atoms with Crippen LogP contribution in [0.4, 0.5) is 0 Å². The van der Waals surface area contributed by atoms with Crippen LogP contribution in [-0.2, 0) is 0 Å². The SMILES string of the molecule is C=CC[SiH]([N+](C)(C)N)[N+](C)(C)N. The van der Waals surface area contributed by atoms with Gasteiger partial charge in [0.05, 0.1) is 34.2 Å². The van der Waals surface area contributed by atoms with E-state index in [1.54, 1.807) is 0 Å². The molecule has 0 heterocycles. The minimum absolute atomic E-state index is 0.496. The van der Waals surface area contributed by atoms with E-state index in [1.165, 1.54) is 0 Å². The Hall–Kier alpha value is -0.203. The van der Waals surface area contributed by atoms with Crippen LogP contribution in [0.15, 0.2) is 12.7 Å². The van der Waals surface area contributed by atoms with Crippen molar-refractivity contribution in [3.05, 3.63) is 12.7 Å². The van der Waals surface area contributed by atoms with E-state index in [4.69, 9.17) is 11.7 Å². The van der Waals surface area contributed by atoms with E-state index in [-0.39, 0.29) is 0 Å². The summed E-state index contributed by atoms with van der Waals surface area (Å²) in [6, 6.07) is 0.951. The van der Waals surface area contributed by atoms with Gasteiger partial charge in [-0.3, -0.25) is 8.52 Å². The van der Waals surface area contributed by atoms with E-state index in [9.17, 15) is 0 Å². The molecule has 0 aromatic carbocycles. The Kier molecular flexibility index (Phi) is 3.61. The summed E-state index contributed by atoms with van der Waals surface area (Å²) in [6.45, 7) is 3.73. The molecule has 12 heavy (non-hydrogen) atoms. The van der Waals surface area contributed by atoms with Gasteiger partial charge in [-0.25, -0.2) is 0 Å². The van der Waals surface area contributed by atoms with E-state index >= 15 is 0 Å². The maximum absolute atomic E-state index is 6.01. The van der Waals surface area contributed by atoms with Crippen LogP contribution in [0.25, 0.3) is 0 Å². The molecule has 5 heteroatoms. The Morgan fingerprint density at radius 3 is 1.58 bits per heavy atom. The van der Waals surface area contributed by atoms with E-state index in [2.05, 4.69) is 6.58 Å². The Balaban J connectivity index is 4.56. The van der Waals surface area contributed by atoms with Crippen LogP contribution in [0, 0.1) is 0 Å². The molecule has 0 aliphatic carbocycles. The zero-order valence-corrected chi connectivity index (χ0v) is 9.77. The highest BCUT2D eigenvalue weighted by atomic mass is 28.3. The topological polar surface area (TPSA) is 52.0 Å². The highest BCUT2D eigenvalue weighted by molar-refractivity contribution is 6.42. The van der Waals surface area contributed by atoms with Gasteiger partial charge in [-0.2, -0.15) is 11.7 Å². The zero-order chi connectivity index (χ0) is 9.99. The maximum Gasteiger partial charge on any atom is 0.548 e. The second-order valence-electron chi connectivity index (χ2n) is 4.26. The van der Waals surface area contributed by atoms with Gasteiger partial charge < -0.3 is 0 Å². The van der Waals surface area contributed by atoms with E-state index in [1.807, 2.05) is 34.3 Å². The van der Waals surface area contributed by atoms with Crippen molar-refractivity contribution in [2.24, 2.45) is 11.7 Å². The van der Waals surface area contributed by atoms with E-state index < -0.39 is 9.12 Å². The molecular weight excluding hydrogens is 168 g/mol. The lowest BCUT2D eigenvalue weighted by atomic mass is 10.8. The highest BCUT2D eigenvalue weighted by Gasteiger charge is 2.44. The van der Waals surface area contributed by atoms with Crippen LogP contribution in [-0.4, -0.2) is 45.8 Å². The number of rotatable bonds is 4. The van der Waals surface area contributed by atoms with Crippen molar-refractivity contribution in [1.29, 1.82) is 0 Å². The molecule has 0 aromatic rings. The van der Waals surface area contributed by atoms with Gasteiger partial charge in [0.2, 0.25) is 0 Å². The van der Waals surface area contributed by atoms with Gasteiger partial charge in [0, 0.05) is 0 Å². The fraction of sp³-hybridized carbons (Fsp3) is 0.714. The number of hydrogen-bond donors (Lipinski definition) is 2. The lowest BCUT2D eigenvalue weighted by molar-refractivity contribution is -0.913. The largest absolute Gasteiger partial charge is 0.548 e. The molecule has 0 radical (unpaired) electrons. The van der Waals surface area contributed by atoms with Crippen LogP contribution in [0.1, 0.15) is 0 Å². The molecule has 0 saturated carbocycles. The fourth-order valence-corrected chi connectivity index (χ4v) is 4.38. The molecule has 0 rings (SSSR count). The van der Waals surface area contributed by atoms with Crippen LogP contribution < -0.4 is 11.7 Å². The monoisotopic (exact) mass is 190 g/mol. The van der Waals surface area contributed by atoms with Crippen molar-refractivity contribution in [2.45, 2.75) is 6.04 Å². The molecule has 0 saturated heterocycles. The first-order valence-electron chi connectivity index (χ1n) is 4.05. The molecule has 0 aliphatic heterocycles. The molecule has 0 unspecified atom stereocenters. The van der Waals surface area contributed by atoms with Gasteiger partial charge in [-0.1, -0.05) is 6.08 Å². The first-order chi connectivity index (χ1) is 5.19. The second kappa shape index (κ2) is 3.67. The quantitative estimate of drug-likeness (QED) is 0.266. The lowest BCUT2D eigenvalue weighted by Gasteiger charge is -2.37. The molecule has 0 spiro atoms. The van der Waals surface area contributed by atoms with Crippen LogP contribution in [0.5, 0.6) is 0 Å². The van der Waals surface area contributed by atoms with Crippen molar-refractivity contribution in [2.75, 3.05) is 28.2 Å². The molecule has 0 bridgehead atoms. The first-order valence-corrected chi connectivity index (χ1v) is 5.90. The minimum Gasteiger partial charge on any atom is -0.265 e. The van der Waals surface area contributed by atoms with Crippen LogP contribution >= 0.6 is 0 Å². The summed E-state index contributed by atoms with van der Waals surface area (Å²) in [6.07, 6.45) is 1.91.